The van der Waals surface area contributed by atoms with Crippen LogP contribution in [0.1, 0.15) is 41.9 Å². The molecule has 0 saturated carbocycles. The third kappa shape index (κ3) is 4.09. The molecule has 2 aromatic carbocycles. The molecule has 1 fully saturated rings. The number of benzene rings is 2. The van der Waals surface area contributed by atoms with Gasteiger partial charge in [0.15, 0.2) is 5.76 Å². The second-order valence-electron chi connectivity index (χ2n) is 7.35. The van der Waals surface area contributed by atoms with Crippen LogP contribution in [0.5, 0.6) is 0 Å². The Morgan fingerprint density at radius 2 is 1.72 bits per heavy atom. The number of nitrogens with zero attached hydrogens (tertiary/aromatic N) is 1. The maximum absolute atomic E-state index is 12.9. The third-order valence-corrected chi connectivity index (χ3v) is 5.42. The topological polar surface area (TPSA) is 62.6 Å². The average Bonchev–Trinajstić information content (AvgIpc) is 3.46. The molecule has 4 rings (SSSR count). The van der Waals surface area contributed by atoms with Gasteiger partial charge in [0.25, 0.3) is 5.91 Å². The van der Waals surface area contributed by atoms with E-state index in [9.17, 15) is 9.59 Å². The molecule has 1 aliphatic rings. The Balaban J connectivity index is 1.42. The molecule has 29 heavy (non-hydrogen) atoms. The van der Waals surface area contributed by atoms with E-state index in [1.54, 1.807) is 17.0 Å². The summed E-state index contributed by atoms with van der Waals surface area (Å²) in [5.41, 5.74) is 3.33. The predicted octanol–water partition coefficient (Wildman–Crippen LogP) is 4.43. The molecule has 2 atom stereocenters. The molecule has 3 aromatic rings. The van der Waals surface area contributed by atoms with E-state index in [1.165, 1.54) is 6.26 Å². The number of likely N-dealkylation sites (tertiary alicyclic amines) is 1. The lowest BCUT2D eigenvalue weighted by Gasteiger charge is -2.25. The van der Waals surface area contributed by atoms with Crippen molar-refractivity contribution < 1.29 is 14.0 Å². The monoisotopic (exact) mass is 388 g/mol. The summed E-state index contributed by atoms with van der Waals surface area (Å²) in [4.78, 5) is 27.1. The molecule has 0 aliphatic carbocycles. The van der Waals surface area contributed by atoms with Crippen molar-refractivity contribution in [3.8, 4) is 11.1 Å². The highest BCUT2D eigenvalue weighted by Crippen LogP contribution is 2.24. The summed E-state index contributed by atoms with van der Waals surface area (Å²) in [6.45, 7) is 2.53. The van der Waals surface area contributed by atoms with Crippen LogP contribution in [0.15, 0.2) is 77.4 Å². The minimum absolute atomic E-state index is 0.123. The van der Waals surface area contributed by atoms with Crippen LogP contribution in [0, 0.1) is 0 Å². The highest BCUT2D eigenvalue weighted by atomic mass is 16.3. The van der Waals surface area contributed by atoms with E-state index in [-0.39, 0.29) is 23.6 Å². The van der Waals surface area contributed by atoms with E-state index in [0.29, 0.717) is 13.0 Å². The summed E-state index contributed by atoms with van der Waals surface area (Å²) < 4.78 is 5.21. The Bertz CT molecular complexity index is 965. The van der Waals surface area contributed by atoms with E-state index in [0.717, 1.165) is 23.1 Å². The van der Waals surface area contributed by atoms with Gasteiger partial charge in [-0.2, -0.15) is 0 Å². The Morgan fingerprint density at radius 3 is 2.41 bits per heavy atom. The van der Waals surface area contributed by atoms with Crippen LogP contribution < -0.4 is 5.32 Å². The van der Waals surface area contributed by atoms with E-state index >= 15 is 0 Å². The number of carbonyl (C=O) groups excluding carboxylic acids is 2. The smallest absolute Gasteiger partial charge is 0.290 e. The largest absolute Gasteiger partial charge is 0.459 e. The second kappa shape index (κ2) is 8.35. The Kier molecular flexibility index (Phi) is 5.47. The molecule has 1 unspecified atom stereocenters. The molecule has 5 nitrogen and oxygen atoms in total. The molecule has 0 bridgehead atoms. The van der Waals surface area contributed by atoms with Crippen molar-refractivity contribution in [3.63, 3.8) is 0 Å². The highest BCUT2D eigenvalue weighted by Gasteiger charge is 2.35. The molecule has 2 amide bonds. The normalized spacial score (nSPS) is 17.1. The first-order valence-electron chi connectivity index (χ1n) is 9.94. The summed E-state index contributed by atoms with van der Waals surface area (Å²) in [5, 5.41) is 3.06. The van der Waals surface area contributed by atoms with Gasteiger partial charge >= 0.3 is 0 Å². The van der Waals surface area contributed by atoms with Crippen molar-refractivity contribution >= 4 is 11.8 Å². The number of carbonyl (C=O) groups is 2. The third-order valence-electron chi connectivity index (χ3n) is 5.42. The SMILES string of the molecule is CC(NC(=O)[C@@H]1CCCN1C(=O)c1ccco1)c1ccc(-c2ccccc2)cc1. The van der Waals surface area contributed by atoms with Gasteiger partial charge in [-0.3, -0.25) is 9.59 Å². The molecule has 1 saturated heterocycles. The number of hydrogen-bond donors (Lipinski definition) is 1. The number of nitrogens with one attached hydrogen (secondary N) is 1. The molecule has 0 radical (unpaired) electrons. The fourth-order valence-electron chi connectivity index (χ4n) is 3.81. The van der Waals surface area contributed by atoms with Gasteiger partial charge in [-0.05, 0) is 48.6 Å². The predicted molar refractivity (Wildman–Crippen MR) is 111 cm³/mol. The minimum Gasteiger partial charge on any atom is -0.459 e. The summed E-state index contributed by atoms with van der Waals surface area (Å²) in [7, 11) is 0. The lowest BCUT2D eigenvalue weighted by atomic mass is 10.0. The minimum atomic E-state index is -0.460. The van der Waals surface area contributed by atoms with E-state index in [2.05, 4.69) is 29.6 Å². The van der Waals surface area contributed by atoms with Crippen molar-refractivity contribution in [2.45, 2.75) is 31.8 Å². The summed E-state index contributed by atoms with van der Waals surface area (Å²) in [6.07, 6.45) is 2.95. The first-order chi connectivity index (χ1) is 14.1. The van der Waals surface area contributed by atoms with Crippen molar-refractivity contribution in [3.05, 3.63) is 84.3 Å². The van der Waals surface area contributed by atoms with Crippen molar-refractivity contribution in [1.29, 1.82) is 0 Å². The van der Waals surface area contributed by atoms with Crippen LogP contribution >= 0.6 is 0 Å². The number of amides is 2. The van der Waals surface area contributed by atoms with Crippen LogP contribution in [0.2, 0.25) is 0 Å². The van der Waals surface area contributed by atoms with Crippen LogP contribution in [-0.2, 0) is 4.79 Å². The van der Waals surface area contributed by atoms with E-state index in [4.69, 9.17) is 4.42 Å². The van der Waals surface area contributed by atoms with Gasteiger partial charge in [-0.25, -0.2) is 0 Å². The average molecular weight is 388 g/mol. The van der Waals surface area contributed by atoms with Crippen LogP contribution in [0.4, 0.5) is 0 Å². The maximum atomic E-state index is 12.9. The van der Waals surface area contributed by atoms with Crippen molar-refractivity contribution in [1.82, 2.24) is 10.2 Å². The number of furan rings is 1. The van der Waals surface area contributed by atoms with Crippen molar-refractivity contribution in [2.75, 3.05) is 6.54 Å². The second-order valence-corrected chi connectivity index (χ2v) is 7.35. The standard InChI is InChI=1S/C24H24N2O3/c1-17(18-11-13-20(14-12-18)19-7-3-2-4-8-19)25-23(27)21-9-5-15-26(21)24(28)22-10-6-16-29-22/h2-4,6-8,10-14,16-17,21H,5,9,15H2,1H3,(H,25,27)/t17?,21-/m0/s1. The number of rotatable bonds is 5. The highest BCUT2D eigenvalue weighted by molar-refractivity contribution is 5.96. The van der Waals surface area contributed by atoms with Gasteiger partial charge < -0.3 is 14.6 Å². The van der Waals surface area contributed by atoms with Gasteiger partial charge in [0.05, 0.1) is 12.3 Å². The van der Waals surface area contributed by atoms with E-state index < -0.39 is 6.04 Å². The lowest BCUT2D eigenvalue weighted by Crippen LogP contribution is -2.46. The van der Waals surface area contributed by atoms with Gasteiger partial charge in [-0.1, -0.05) is 54.6 Å². The van der Waals surface area contributed by atoms with Crippen LogP contribution in [0.3, 0.4) is 0 Å². The zero-order valence-electron chi connectivity index (χ0n) is 16.4. The summed E-state index contributed by atoms with van der Waals surface area (Å²) >= 11 is 0. The van der Waals surface area contributed by atoms with Gasteiger partial charge in [0.1, 0.15) is 6.04 Å². The molecule has 1 N–H and O–H groups in total. The molecule has 0 spiro atoms. The quantitative estimate of drug-likeness (QED) is 0.703. The zero-order chi connectivity index (χ0) is 20.2. The lowest BCUT2D eigenvalue weighted by molar-refractivity contribution is -0.125. The number of hydrogen-bond acceptors (Lipinski definition) is 3. The fourth-order valence-corrected chi connectivity index (χ4v) is 3.81. The fraction of sp³-hybridized carbons (Fsp3) is 0.250. The molecule has 1 aliphatic heterocycles. The van der Waals surface area contributed by atoms with Crippen LogP contribution in [-0.4, -0.2) is 29.3 Å². The molecule has 1 aromatic heterocycles. The molecular weight excluding hydrogens is 364 g/mol. The first-order valence-corrected chi connectivity index (χ1v) is 9.94. The van der Waals surface area contributed by atoms with Crippen molar-refractivity contribution in [2.24, 2.45) is 0 Å². The maximum Gasteiger partial charge on any atom is 0.290 e. The molecule has 5 heteroatoms. The van der Waals surface area contributed by atoms with E-state index in [1.807, 2.05) is 37.3 Å². The molecule has 148 valence electrons. The van der Waals surface area contributed by atoms with Gasteiger partial charge in [-0.15, -0.1) is 0 Å². The van der Waals surface area contributed by atoms with Gasteiger partial charge in [0, 0.05) is 6.54 Å². The Hall–Kier alpha value is -3.34. The molecular formula is C24H24N2O3. The van der Waals surface area contributed by atoms with Gasteiger partial charge in [0.2, 0.25) is 5.91 Å². The molecule has 2 heterocycles. The first kappa shape index (κ1) is 19.0. The summed E-state index contributed by atoms with van der Waals surface area (Å²) in [6, 6.07) is 21.1. The summed E-state index contributed by atoms with van der Waals surface area (Å²) in [5.74, 6) is -0.0798. The van der Waals surface area contributed by atoms with Crippen LogP contribution in [0.25, 0.3) is 11.1 Å². The Morgan fingerprint density at radius 1 is 1.00 bits per heavy atom. The Labute approximate surface area is 170 Å². The zero-order valence-corrected chi connectivity index (χ0v) is 16.4.